The van der Waals surface area contributed by atoms with Gasteiger partial charge in [-0.1, -0.05) is 73.6 Å². The molecule has 4 N–H and O–H groups in total. The number of nitrogens with one attached hydrogen (secondary N) is 4. The highest BCUT2D eigenvalue weighted by Crippen LogP contribution is 2.45. The first kappa shape index (κ1) is 78.7. The highest BCUT2D eigenvalue weighted by Gasteiger charge is 2.52. The second-order valence-corrected chi connectivity index (χ2v) is 28.9. The van der Waals surface area contributed by atoms with E-state index in [1.807, 2.05) is 13.8 Å². The molecular formula is C65H104ClF6N11O11. The average Bonchev–Trinajstić information content (AvgIpc) is 1.50. The van der Waals surface area contributed by atoms with E-state index in [2.05, 4.69) is 21.3 Å². The summed E-state index contributed by atoms with van der Waals surface area (Å²) in [6, 6.07) is -8.57. The molecule has 0 radical (unpaired) electrons. The van der Waals surface area contributed by atoms with Gasteiger partial charge in [0.05, 0.1) is 31.5 Å². The summed E-state index contributed by atoms with van der Waals surface area (Å²) in [5.41, 5.74) is -1.54. The van der Waals surface area contributed by atoms with Crippen molar-refractivity contribution in [2.75, 3.05) is 68.5 Å². The van der Waals surface area contributed by atoms with Gasteiger partial charge in [-0.3, -0.25) is 52.7 Å². The molecule has 22 nitrogen and oxygen atoms in total. The number of nitrogens with zero attached hydrogens (tertiary/aromatic N) is 7. The molecule has 29 heteroatoms. The molecule has 2 saturated heterocycles. The van der Waals surface area contributed by atoms with Gasteiger partial charge >= 0.3 is 12.4 Å². The second kappa shape index (κ2) is 33.8. The predicted octanol–water partition coefficient (Wildman–Crippen LogP) is 6.01. The minimum absolute atomic E-state index is 0.0110. The van der Waals surface area contributed by atoms with E-state index in [1.165, 1.54) is 57.0 Å². The van der Waals surface area contributed by atoms with Crippen molar-refractivity contribution in [3.05, 3.63) is 0 Å². The van der Waals surface area contributed by atoms with Crippen molar-refractivity contribution in [2.24, 2.45) is 41.4 Å². The van der Waals surface area contributed by atoms with Gasteiger partial charge < -0.3 is 55.6 Å². The van der Waals surface area contributed by atoms with Crippen LogP contribution >= 0.6 is 11.6 Å². The van der Waals surface area contributed by atoms with Gasteiger partial charge in [-0.25, -0.2) is 0 Å². The largest absolute Gasteiger partial charge is 0.393 e. The van der Waals surface area contributed by atoms with E-state index >= 15 is 9.59 Å². The van der Waals surface area contributed by atoms with Crippen LogP contribution in [0.25, 0.3) is 0 Å². The van der Waals surface area contributed by atoms with Crippen LogP contribution < -0.4 is 21.3 Å². The van der Waals surface area contributed by atoms with Gasteiger partial charge in [0.1, 0.15) is 41.8 Å². The number of fused-ring (bicyclic) bond motifs is 1. The number of likely N-dealkylation sites (N-methyl/N-ethyl adjacent to an activating group) is 6. The van der Waals surface area contributed by atoms with Crippen molar-refractivity contribution in [3.8, 4) is 0 Å². The van der Waals surface area contributed by atoms with Crippen LogP contribution in [0.3, 0.4) is 0 Å². The predicted molar refractivity (Wildman–Crippen MR) is 338 cm³/mol. The average molecular weight is 1370 g/mol. The van der Waals surface area contributed by atoms with Crippen molar-refractivity contribution in [2.45, 2.75) is 236 Å². The maximum Gasteiger partial charge on any atom is 0.393 e. The molecule has 11 amide bonds. The molecule has 2 heterocycles. The van der Waals surface area contributed by atoms with Crippen LogP contribution in [0, 0.1) is 41.4 Å². The molecule has 0 aromatic carbocycles. The Bertz CT molecular complexity index is 2700. The molecule has 534 valence electrons. The second-order valence-electron chi connectivity index (χ2n) is 28.3. The highest BCUT2D eigenvalue weighted by molar-refractivity contribution is 6.20. The van der Waals surface area contributed by atoms with E-state index in [-0.39, 0.29) is 95.9 Å². The normalized spacial score (nSPS) is 30.7. The first-order valence-corrected chi connectivity index (χ1v) is 34.0. The lowest BCUT2D eigenvalue weighted by Gasteiger charge is -2.39. The van der Waals surface area contributed by atoms with Gasteiger partial charge in [0.2, 0.25) is 65.0 Å². The molecule has 1 spiro atoms. The van der Waals surface area contributed by atoms with Crippen LogP contribution in [0.2, 0.25) is 0 Å². The summed E-state index contributed by atoms with van der Waals surface area (Å²) in [7, 11) is 7.84. The molecule has 5 rings (SSSR count). The zero-order valence-electron chi connectivity index (χ0n) is 57.2. The summed E-state index contributed by atoms with van der Waals surface area (Å²) in [5, 5.41) is 10.1. The summed E-state index contributed by atoms with van der Waals surface area (Å²) in [4.78, 5) is 167. The van der Waals surface area contributed by atoms with E-state index in [9.17, 15) is 69.5 Å². The van der Waals surface area contributed by atoms with Crippen LogP contribution in [0.1, 0.15) is 170 Å². The number of alkyl halides is 7. The molecule has 2 aliphatic heterocycles. The number of rotatable bonds is 10. The Hall–Kier alpha value is -5.96. The van der Waals surface area contributed by atoms with Crippen molar-refractivity contribution in [1.82, 2.24) is 55.6 Å². The van der Waals surface area contributed by atoms with Gasteiger partial charge in [0.15, 0.2) is 0 Å². The van der Waals surface area contributed by atoms with Gasteiger partial charge in [-0.15, -0.1) is 11.6 Å². The van der Waals surface area contributed by atoms with Crippen LogP contribution in [0.4, 0.5) is 26.3 Å². The van der Waals surface area contributed by atoms with E-state index < -0.39 is 192 Å². The fourth-order valence-electron chi connectivity index (χ4n) is 14.5. The molecular weight excluding hydrogens is 1260 g/mol. The molecule has 5 fully saturated rings. The van der Waals surface area contributed by atoms with Gasteiger partial charge in [-0.05, 0) is 120 Å². The monoisotopic (exact) mass is 1360 g/mol. The molecule has 13 atom stereocenters. The van der Waals surface area contributed by atoms with Gasteiger partial charge in [0, 0.05) is 66.7 Å². The first-order chi connectivity index (χ1) is 43.7. The van der Waals surface area contributed by atoms with Crippen molar-refractivity contribution in [1.29, 1.82) is 0 Å². The summed E-state index contributed by atoms with van der Waals surface area (Å²) >= 11 is 6.33. The third kappa shape index (κ3) is 20.3. The molecule has 94 heavy (non-hydrogen) atoms. The van der Waals surface area contributed by atoms with E-state index in [1.54, 1.807) is 34.6 Å². The molecule has 3 saturated carbocycles. The Morgan fingerprint density at radius 3 is 1.78 bits per heavy atom. The zero-order valence-corrected chi connectivity index (χ0v) is 57.9. The van der Waals surface area contributed by atoms with Crippen LogP contribution in [-0.4, -0.2) is 233 Å². The molecule has 0 aromatic heterocycles. The Morgan fingerprint density at radius 1 is 0.596 bits per heavy atom. The standard InChI is InChI=1S/C65H104ClF6N11O11/c1-14-39(6)54-61(93)79(10)35-52(86)77(8)36-53(87)81(12)49(33-42-20-15-16-21-43(42)64(67,68)69)60(92)78(9)34-50(84)74-46(26-24-41-23-25-44(45(66)32-41)65(70,71)72)59(91)83-29-19-22-47(83)57(89)76-63(27-17-18-28-63)62(94)82(13)55(38(4)5)58(90)73-40(7)31-51(85)80(11)48(30-37(2)3)56(88)75-54/h37-49,54-55H,14-36H2,1-13H3,(H,73,90)(H,74,84)(H,75,88)(H,76,89)/t39-,40+,41?,42?,43?,44?,45?,46-,47-,48-,49-,54-,55-/m0/s1. The van der Waals surface area contributed by atoms with Gasteiger partial charge in [-0.2, -0.15) is 26.3 Å². The number of hydrogen-bond donors (Lipinski definition) is 4. The lowest BCUT2D eigenvalue weighted by atomic mass is 9.75. The third-order valence-electron chi connectivity index (χ3n) is 20.3. The minimum Gasteiger partial charge on any atom is -0.351 e. The fourth-order valence-corrected chi connectivity index (χ4v) is 15.0. The molecule has 5 unspecified atom stereocenters. The Kier molecular flexibility index (Phi) is 28.3. The van der Waals surface area contributed by atoms with E-state index in [0.29, 0.717) is 32.1 Å². The number of carbonyl (C=O) groups excluding carboxylic acids is 11. The van der Waals surface area contributed by atoms with Crippen molar-refractivity contribution < 1.29 is 79.1 Å². The quantitative estimate of drug-likeness (QED) is 0.145. The Labute approximate surface area is 555 Å². The summed E-state index contributed by atoms with van der Waals surface area (Å²) in [5.74, 6) is -14.4. The van der Waals surface area contributed by atoms with Gasteiger partial charge in [0.25, 0.3) is 0 Å². The smallest absolute Gasteiger partial charge is 0.351 e. The minimum atomic E-state index is -4.67. The van der Waals surface area contributed by atoms with Crippen LogP contribution in [0.15, 0.2) is 0 Å². The number of hydrogen-bond acceptors (Lipinski definition) is 11. The highest BCUT2D eigenvalue weighted by atomic mass is 35.5. The number of carbonyl (C=O) groups is 11. The Balaban J connectivity index is 1.56. The van der Waals surface area contributed by atoms with Crippen LogP contribution in [-0.2, 0) is 52.7 Å². The zero-order chi connectivity index (χ0) is 70.6. The number of halogens is 7. The topological polar surface area (TPSA) is 259 Å². The molecule has 0 aromatic rings. The van der Waals surface area contributed by atoms with Crippen molar-refractivity contribution >= 4 is 76.6 Å². The van der Waals surface area contributed by atoms with Crippen molar-refractivity contribution in [3.63, 3.8) is 0 Å². The summed E-state index contributed by atoms with van der Waals surface area (Å²) in [6.45, 7) is 10.1. The first-order valence-electron chi connectivity index (χ1n) is 33.6. The lowest BCUT2D eigenvalue weighted by Crippen LogP contribution is -2.64. The van der Waals surface area contributed by atoms with E-state index in [4.69, 9.17) is 11.6 Å². The lowest BCUT2D eigenvalue weighted by molar-refractivity contribution is -0.198. The summed E-state index contributed by atoms with van der Waals surface area (Å²) in [6.07, 6.45) is -7.48. The SMILES string of the molecule is CC[C@H](C)[C@@H]1NC(=O)[C@H](CC(C)C)N(C)C(=O)C[C@@H](C)NC(=O)[C@H](C(C)C)N(C)C(=O)C2(CCCC2)NC(=O)[C@@H]2CCCN2C(=O)[C@H](CCC2CCC(C(F)(F)F)C(Cl)C2)NC(=O)CN(C)C(=O)[C@H](CC2CCCCC2C(F)(F)F)N(C)C(=O)CN(C)C(=O)CN(C)C1=O. The molecule has 0 bridgehead atoms. The van der Waals surface area contributed by atoms with E-state index in [0.717, 1.165) is 19.6 Å². The summed E-state index contributed by atoms with van der Waals surface area (Å²) < 4.78 is 85.9. The molecule has 5 aliphatic rings. The maximum absolute atomic E-state index is 15.1. The molecule has 3 aliphatic carbocycles. The van der Waals surface area contributed by atoms with Crippen LogP contribution in [0.5, 0.6) is 0 Å². The Morgan fingerprint density at radius 2 is 1.19 bits per heavy atom. The fraction of sp³-hybridized carbons (Fsp3) is 0.831. The third-order valence-corrected chi connectivity index (χ3v) is 20.8. The maximum atomic E-state index is 15.1. The number of amides is 11.